The van der Waals surface area contributed by atoms with Crippen molar-refractivity contribution in [2.24, 2.45) is 0 Å². The van der Waals surface area contributed by atoms with Crippen molar-refractivity contribution >= 4 is 17.3 Å². The van der Waals surface area contributed by atoms with Gasteiger partial charge in [-0.1, -0.05) is 12.1 Å². The Morgan fingerprint density at radius 1 is 1.29 bits per heavy atom. The molecule has 112 valence electrons. The largest absolute Gasteiger partial charge is 0.493 e. The van der Waals surface area contributed by atoms with E-state index >= 15 is 0 Å². The average molecular weight is 307 g/mol. The maximum Gasteiger partial charge on any atom is 0.303 e. The van der Waals surface area contributed by atoms with Gasteiger partial charge in [-0.05, 0) is 18.6 Å². The SMILES string of the molecule is COc1ccccc1OCCc1ncc(CCC(=O)O)s1. The van der Waals surface area contributed by atoms with Crippen LogP contribution in [0.25, 0.3) is 0 Å². The summed E-state index contributed by atoms with van der Waals surface area (Å²) in [5.74, 6) is 0.630. The topological polar surface area (TPSA) is 68.7 Å². The van der Waals surface area contributed by atoms with E-state index in [9.17, 15) is 4.79 Å². The lowest BCUT2D eigenvalue weighted by molar-refractivity contribution is -0.136. The van der Waals surface area contributed by atoms with E-state index in [-0.39, 0.29) is 6.42 Å². The van der Waals surface area contributed by atoms with E-state index < -0.39 is 5.97 Å². The first-order valence-electron chi connectivity index (χ1n) is 6.60. The molecule has 21 heavy (non-hydrogen) atoms. The second-order valence-electron chi connectivity index (χ2n) is 4.36. The summed E-state index contributed by atoms with van der Waals surface area (Å²) >= 11 is 1.53. The van der Waals surface area contributed by atoms with Gasteiger partial charge in [0.05, 0.1) is 25.1 Å². The molecule has 6 heteroatoms. The van der Waals surface area contributed by atoms with Crippen LogP contribution in [0.15, 0.2) is 30.5 Å². The van der Waals surface area contributed by atoms with Crippen molar-refractivity contribution in [3.05, 3.63) is 40.3 Å². The van der Waals surface area contributed by atoms with E-state index in [1.165, 1.54) is 11.3 Å². The molecule has 0 bridgehead atoms. The number of hydrogen-bond acceptors (Lipinski definition) is 5. The standard InChI is InChI=1S/C15H17NO4S/c1-19-12-4-2-3-5-13(12)20-9-8-14-16-10-11(21-14)6-7-15(17)18/h2-5,10H,6-9H2,1H3,(H,17,18). The lowest BCUT2D eigenvalue weighted by atomic mass is 10.3. The van der Waals surface area contributed by atoms with Gasteiger partial charge in [0.25, 0.3) is 0 Å². The fraction of sp³-hybridized carbons (Fsp3) is 0.333. The molecule has 0 aliphatic heterocycles. The van der Waals surface area contributed by atoms with Gasteiger partial charge < -0.3 is 14.6 Å². The molecule has 0 fully saturated rings. The number of carbonyl (C=O) groups is 1. The lowest BCUT2D eigenvalue weighted by Gasteiger charge is -2.09. The normalized spacial score (nSPS) is 10.3. The van der Waals surface area contributed by atoms with Gasteiger partial charge in [0.15, 0.2) is 11.5 Å². The average Bonchev–Trinajstić information content (AvgIpc) is 2.93. The highest BCUT2D eigenvalue weighted by molar-refractivity contribution is 7.11. The Labute approximate surface area is 127 Å². The zero-order valence-electron chi connectivity index (χ0n) is 11.7. The van der Waals surface area contributed by atoms with Gasteiger partial charge >= 0.3 is 5.97 Å². The molecule has 0 amide bonds. The van der Waals surface area contributed by atoms with Gasteiger partial charge in [-0.3, -0.25) is 4.79 Å². The van der Waals surface area contributed by atoms with Crippen LogP contribution in [0.1, 0.15) is 16.3 Å². The Balaban J connectivity index is 1.82. The number of para-hydroxylation sites is 2. The summed E-state index contributed by atoms with van der Waals surface area (Å²) < 4.78 is 10.9. The van der Waals surface area contributed by atoms with Crippen molar-refractivity contribution in [1.29, 1.82) is 0 Å². The molecule has 0 spiro atoms. The molecule has 0 saturated carbocycles. The van der Waals surface area contributed by atoms with E-state index in [1.54, 1.807) is 13.3 Å². The molecule has 0 aliphatic carbocycles. The molecule has 1 aromatic heterocycles. The second kappa shape index (κ2) is 7.64. The maximum absolute atomic E-state index is 10.5. The third-order valence-electron chi connectivity index (χ3n) is 2.83. The predicted octanol–water partition coefficient (Wildman–Crippen LogP) is 2.79. The number of benzene rings is 1. The number of aliphatic carboxylic acids is 1. The fourth-order valence-electron chi connectivity index (χ4n) is 1.80. The number of thiazole rings is 1. The number of aryl methyl sites for hydroxylation is 1. The van der Waals surface area contributed by atoms with Crippen molar-refractivity contribution < 1.29 is 19.4 Å². The van der Waals surface area contributed by atoms with Crippen molar-refractivity contribution in [1.82, 2.24) is 4.98 Å². The number of nitrogens with zero attached hydrogens (tertiary/aromatic N) is 1. The van der Waals surface area contributed by atoms with E-state index in [2.05, 4.69) is 4.98 Å². The summed E-state index contributed by atoms with van der Waals surface area (Å²) in [5, 5.41) is 9.60. The quantitative estimate of drug-likeness (QED) is 0.812. The minimum Gasteiger partial charge on any atom is -0.493 e. The number of rotatable bonds is 8. The summed E-state index contributed by atoms with van der Waals surface area (Å²) in [6.45, 7) is 0.506. The minimum absolute atomic E-state index is 0.138. The number of carboxylic acid groups (broad SMARTS) is 1. The summed E-state index contributed by atoms with van der Waals surface area (Å²) in [5.41, 5.74) is 0. The number of methoxy groups -OCH3 is 1. The molecule has 1 aromatic carbocycles. The van der Waals surface area contributed by atoms with Gasteiger partial charge in [-0.15, -0.1) is 11.3 Å². The second-order valence-corrected chi connectivity index (χ2v) is 5.56. The van der Waals surface area contributed by atoms with Crippen LogP contribution in [0.5, 0.6) is 11.5 Å². The molecule has 0 atom stereocenters. The Morgan fingerprint density at radius 3 is 2.76 bits per heavy atom. The Morgan fingerprint density at radius 2 is 2.05 bits per heavy atom. The Kier molecular flexibility index (Phi) is 5.57. The molecule has 0 saturated heterocycles. The van der Waals surface area contributed by atoms with Crippen molar-refractivity contribution in [2.45, 2.75) is 19.3 Å². The molecular formula is C15H17NO4S. The smallest absolute Gasteiger partial charge is 0.303 e. The van der Waals surface area contributed by atoms with Crippen molar-refractivity contribution in [3.63, 3.8) is 0 Å². The third-order valence-corrected chi connectivity index (χ3v) is 3.95. The van der Waals surface area contributed by atoms with Crippen LogP contribution in [0.4, 0.5) is 0 Å². The number of aromatic nitrogens is 1. The van der Waals surface area contributed by atoms with Crippen LogP contribution in [0, 0.1) is 0 Å². The highest BCUT2D eigenvalue weighted by Crippen LogP contribution is 2.26. The van der Waals surface area contributed by atoms with E-state index in [1.807, 2.05) is 24.3 Å². The molecule has 5 nitrogen and oxygen atoms in total. The van der Waals surface area contributed by atoms with Crippen LogP contribution in [-0.4, -0.2) is 29.8 Å². The summed E-state index contributed by atoms with van der Waals surface area (Å²) in [4.78, 5) is 15.8. The molecule has 2 aromatic rings. The molecular weight excluding hydrogens is 290 g/mol. The van der Waals surface area contributed by atoms with E-state index in [4.69, 9.17) is 14.6 Å². The molecule has 2 rings (SSSR count). The lowest BCUT2D eigenvalue weighted by Crippen LogP contribution is -2.02. The maximum atomic E-state index is 10.5. The van der Waals surface area contributed by atoms with Crippen molar-refractivity contribution in [3.8, 4) is 11.5 Å². The molecule has 0 aliphatic rings. The van der Waals surface area contributed by atoms with Crippen LogP contribution in [0.3, 0.4) is 0 Å². The molecule has 0 radical (unpaired) electrons. The zero-order chi connectivity index (χ0) is 15.1. The van der Waals surface area contributed by atoms with Crippen LogP contribution in [-0.2, 0) is 17.6 Å². The van der Waals surface area contributed by atoms with Crippen LogP contribution < -0.4 is 9.47 Å². The third kappa shape index (κ3) is 4.75. The van der Waals surface area contributed by atoms with Crippen LogP contribution >= 0.6 is 11.3 Å². The number of ether oxygens (including phenoxy) is 2. The monoisotopic (exact) mass is 307 g/mol. The van der Waals surface area contributed by atoms with E-state index in [0.717, 1.165) is 9.88 Å². The van der Waals surface area contributed by atoms with Gasteiger partial charge in [0.2, 0.25) is 0 Å². The molecule has 0 unspecified atom stereocenters. The van der Waals surface area contributed by atoms with Crippen molar-refractivity contribution in [2.75, 3.05) is 13.7 Å². The highest BCUT2D eigenvalue weighted by atomic mass is 32.1. The zero-order valence-corrected chi connectivity index (χ0v) is 12.6. The predicted molar refractivity (Wildman–Crippen MR) is 80.3 cm³/mol. The van der Waals surface area contributed by atoms with Gasteiger partial charge in [0, 0.05) is 17.5 Å². The first-order valence-corrected chi connectivity index (χ1v) is 7.42. The first kappa shape index (κ1) is 15.3. The summed E-state index contributed by atoms with van der Waals surface area (Å²) in [6.07, 6.45) is 3.10. The highest BCUT2D eigenvalue weighted by Gasteiger charge is 2.06. The summed E-state index contributed by atoms with van der Waals surface area (Å²) in [6, 6.07) is 7.49. The Bertz CT molecular complexity index is 597. The number of hydrogen-bond donors (Lipinski definition) is 1. The fourth-order valence-corrected chi connectivity index (χ4v) is 2.70. The van der Waals surface area contributed by atoms with E-state index in [0.29, 0.717) is 30.9 Å². The molecule has 1 heterocycles. The van der Waals surface area contributed by atoms with Gasteiger partial charge in [-0.2, -0.15) is 0 Å². The Hall–Kier alpha value is -2.08. The van der Waals surface area contributed by atoms with Gasteiger partial charge in [-0.25, -0.2) is 4.98 Å². The number of carboxylic acids is 1. The van der Waals surface area contributed by atoms with Gasteiger partial charge in [0.1, 0.15) is 0 Å². The van der Waals surface area contributed by atoms with Crippen LogP contribution in [0.2, 0.25) is 0 Å². The summed E-state index contributed by atoms with van der Waals surface area (Å²) in [7, 11) is 1.61. The first-order chi connectivity index (χ1) is 10.2. The minimum atomic E-state index is -0.788. The molecule has 1 N–H and O–H groups in total.